The van der Waals surface area contributed by atoms with Crippen LogP contribution in [0.2, 0.25) is 0 Å². The Morgan fingerprint density at radius 3 is 2.36 bits per heavy atom. The lowest BCUT2D eigenvalue weighted by molar-refractivity contribution is -0.133. The monoisotopic (exact) mass is 388 g/mol. The van der Waals surface area contributed by atoms with Gasteiger partial charge in [0.2, 0.25) is 5.91 Å². The second-order valence-electron chi connectivity index (χ2n) is 7.11. The minimum absolute atomic E-state index is 0.134. The molecule has 4 nitrogen and oxygen atoms in total. The van der Waals surface area contributed by atoms with Crippen molar-refractivity contribution in [2.24, 2.45) is 0 Å². The van der Waals surface area contributed by atoms with E-state index in [1.165, 1.54) is 23.3 Å². The molecule has 1 aliphatic heterocycles. The molecule has 6 heteroatoms. The van der Waals surface area contributed by atoms with Gasteiger partial charge >= 0.3 is 6.61 Å². The Labute approximate surface area is 164 Å². The molecule has 3 rings (SSSR count). The van der Waals surface area contributed by atoms with Gasteiger partial charge in [0.1, 0.15) is 5.75 Å². The van der Waals surface area contributed by atoms with Gasteiger partial charge in [-0.1, -0.05) is 36.4 Å². The highest BCUT2D eigenvalue weighted by molar-refractivity contribution is 5.76. The van der Waals surface area contributed by atoms with Crippen LogP contribution in [0.15, 0.2) is 48.5 Å². The average molecular weight is 388 g/mol. The number of piperazine rings is 1. The van der Waals surface area contributed by atoms with E-state index in [4.69, 9.17) is 0 Å². The highest BCUT2D eigenvalue weighted by atomic mass is 19.3. The molecule has 0 radical (unpaired) electrons. The van der Waals surface area contributed by atoms with E-state index < -0.39 is 6.61 Å². The van der Waals surface area contributed by atoms with Crippen molar-refractivity contribution in [2.75, 3.05) is 26.2 Å². The molecule has 1 aliphatic rings. The number of aryl methyl sites for hydroxylation is 2. The summed E-state index contributed by atoms with van der Waals surface area (Å²) in [6.45, 7) is 3.46. The van der Waals surface area contributed by atoms with E-state index in [2.05, 4.69) is 40.8 Å². The molecule has 0 saturated carbocycles. The summed E-state index contributed by atoms with van der Waals surface area (Å²) >= 11 is 0. The second-order valence-corrected chi connectivity index (χ2v) is 7.11. The van der Waals surface area contributed by atoms with Crippen LogP contribution in [-0.4, -0.2) is 48.5 Å². The van der Waals surface area contributed by atoms with E-state index in [1.807, 2.05) is 4.90 Å². The third-order valence-electron chi connectivity index (χ3n) is 5.16. The van der Waals surface area contributed by atoms with E-state index in [0.717, 1.165) is 38.3 Å². The first kappa shape index (κ1) is 20.3. The molecule has 1 fully saturated rings. The summed E-state index contributed by atoms with van der Waals surface area (Å²) in [5.41, 5.74) is 3.57. The molecule has 1 amide bonds. The number of amides is 1. The fourth-order valence-corrected chi connectivity index (χ4v) is 3.43. The number of nitrogens with zero attached hydrogens (tertiary/aromatic N) is 2. The molecular weight excluding hydrogens is 362 g/mol. The molecule has 0 N–H and O–H groups in total. The fraction of sp³-hybridized carbons (Fsp3) is 0.409. The molecule has 0 aliphatic carbocycles. The van der Waals surface area contributed by atoms with Gasteiger partial charge in [-0.25, -0.2) is 0 Å². The summed E-state index contributed by atoms with van der Waals surface area (Å²) in [5, 5.41) is 0. The predicted molar refractivity (Wildman–Crippen MR) is 104 cm³/mol. The molecule has 0 atom stereocenters. The van der Waals surface area contributed by atoms with Gasteiger partial charge in [-0.3, -0.25) is 9.69 Å². The summed E-state index contributed by atoms with van der Waals surface area (Å²) in [6, 6.07) is 14.9. The van der Waals surface area contributed by atoms with Crippen molar-refractivity contribution < 1.29 is 18.3 Å². The zero-order chi connectivity index (χ0) is 19.9. The Balaban J connectivity index is 1.42. The molecule has 150 valence electrons. The number of carbonyl (C=O) groups is 1. The van der Waals surface area contributed by atoms with Crippen molar-refractivity contribution in [3.05, 3.63) is 65.2 Å². The van der Waals surface area contributed by atoms with Crippen LogP contribution in [0.4, 0.5) is 8.78 Å². The molecule has 1 heterocycles. The van der Waals surface area contributed by atoms with Crippen molar-refractivity contribution >= 4 is 5.91 Å². The number of benzene rings is 2. The number of hydrogen-bond acceptors (Lipinski definition) is 3. The average Bonchev–Trinajstić information content (AvgIpc) is 2.69. The van der Waals surface area contributed by atoms with Crippen LogP contribution >= 0.6 is 0 Å². The zero-order valence-corrected chi connectivity index (χ0v) is 16.1. The van der Waals surface area contributed by atoms with Crippen molar-refractivity contribution in [3.63, 3.8) is 0 Å². The van der Waals surface area contributed by atoms with E-state index in [0.29, 0.717) is 12.8 Å². The van der Waals surface area contributed by atoms with E-state index in [1.54, 1.807) is 12.1 Å². The van der Waals surface area contributed by atoms with Crippen LogP contribution < -0.4 is 4.74 Å². The van der Waals surface area contributed by atoms with Gasteiger partial charge in [-0.05, 0) is 42.2 Å². The summed E-state index contributed by atoms with van der Waals surface area (Å²) in [4.78, 5) is 16.8. The van der Waals surface area contributed by atoms with Crippen LogP contribution in [0, 0.1) is 6.92 Å². The molecule has 1 saturated heterocycles. The van der Waals surface area contributed by atoms with Gasteiger partial charge in [-0.15, -0.1) is 0 Å². The highest BCUT2D eigenvalue weighted by Crippen LogP contribution is 2.17. The van der Waals surface area contributed by atoms with Crippen LogP contribution in [0.1, 0.15) is 23.1 Å². The standard InChI is InChI=1S/C22H26F2N2O2/c1-17-4-2-3-5-19(17)16-25-12-14-26(15-13-25)21(27)11-8-18-6-9-20(10-7-18)28-22(23)24/h2-7,9-10,22H,8,11-16H2,1H3. The lowest BCUT2D eigenvalue weighted by atomic mass is 10.1. The van der Waals surface area contributed by atoms with E-state index in [-0.39, 0.29) is 11.7 Å². The summed E-state index contributed by atoms with van der Waals surface area (Å²) in [5.74, 6) is 0.276. The van der Waals surface area contributed by atoms with Crippen LogP contribution in [0.3, 0.4) is 0 Å². The largest absolute Gasteiger partial charge is 0.435 e. The fourth-order valence-electron chi connectivity index (χ4n) is 3.43. The first-order chi connectivity index (χ1) is 13.5. The molecule has 0 spiro atoms. The van der Waals surface area contributed by atoms with Gasteiger partial charge in [0, 0.05) is 39.1 Å². The lowest BCUT2D eigenvalue weighted by Crippen LogP contribution is -2.48. The Kier molecular flexibility index (Phi) is 6.98. The minimum atomic E-state index is -2.82. The predicted octanol–water partition coefficient (Wildman–Crippen LogP) is 3.87. The number of hydrogen-bond donors (Lipinski definition) is 0. The molecule has 0 unspecified atom stereocenters. The number of halogens is 2. The molecule has 2 aromatic carbocycles. The number of carbonyl (C=O) groups excluding carboxylic acids is 1. The topological polar surface area (TPSA) is 32.8 Å². The molecular formula is C22H26F2N2O2. The molecule has 2 aromatic rings. The first-order valence-corrected chi connectivity index (χ1v) is 9.59. The Bertz CT molecular complexity index is 772. The third kappa shape index (κ3) is 5.76. The molecule has 0 aromatic heterocycles. The first-order valence-electron chi connectivity index (χ1n) is 9.59. The number of rotatable bonds is 7. The minimum Gasteiger partial charge on any atom is -0.435 e. The van der Waals surface area contributed by atoms with Crippen molar-refractivity contribution in [1.82, 2.24) is 9.80 Å². The second kappa shape index (κ2) is 9.64. The van der Waals surface area contributed by atoms with Crippen LogP contribution in [0.5, 0.6) is 5.75 Å². The third-order valence-corrected chi connectivity index (χ3v) is 5.16. The SMILES string of the molecule is Cc1ccccc1CN1CCN(C(=O)CCc2ccc(OC(F)F)cc2)CC1. The quantitative estimate of drug-likeness (QED) is 0.722. The van der Waals surface area contributed by atoms with Gasteiger partial charge in [0.25, 0.3) is 0 Å². The van der Waals surface area contributed by atoms with Crippen molar-refractivity contribution in [2.45, 2.75) is 32.9 Å². The smallest absolute Gasteiger partial charge is 0.387 e. The maximum Gasteiger partial charge on any atom is 0.387 e. The maximum atomic E-state index is 12.5. The number of ether oxygens (including phenoxy) is 1. The van der Waals surface area contributed by atoms with Gasteiger partial charge < -0.3 is 9.64 Å². The summed E-state index contributed by atoms with van der Waals surface area (Å²) in [6.07, 6.45) is 1.02. The molecule has 0 bridgehead atoms. The van der Waals surface area contributed by atoms with E-state index >= 15 is 0 Å². The Morgan fingerprint density at radius 1 is 1.04 bits per heavy atom. The van der Waals surface area contributed by atoms with Gasteiger partial charge in [0.15, 0.2) is 0 Å². The summed E-state index contributed by atoms with van der Waals surface area (Å²) < 4.78 is 28.7. The van der Waals surface area contributed by atoms with Gasteiger partial charge in [0.05, 0.1) is 0 Å². The Hall–Kier alpha value is -2.47. The van der Waals surface area contributed by atoms with Crippen molar-refractivity contribution in [1.29, 1.82) is 0 Å². The normalized spacial score (nSPS) is 15.1. The molecule has 28 heavy (non-hydrogen) atoms. The van der Waals surface area contributed by atoms with Crippen molar-refractivity contribution in [3.8, 4) is 5.75 Å². The van der Waals surface area contributed by atoms with E-state index in [9.17, 15) is 13.6 Å². The summed E-state index contributed by atoms with van der Waals surface area (Å²) in [7, 11) is 0. The number of alkyl halides is 2. The van der Waals surface area contributed by atoms with Crippen LogP contribution in [-0.2, 0) is 17.8 Å². The van der Waals surface area contributed by atoms with Crippen LogP contribution in [0.25, 0.3) is 0 Å². The highest BCUT2D eigenvalue weighted by Gasteiger charge is 2.21. The zero-order valence-electron chi connectivity index (χ0n) is 16.1. The Morgan fingerprint density at radius 2 is 1.71 bits per heavy atom. The maximum absolute atomic E-state index is 12.5. The lowest BCUT2D eigenvalue weighted by Gasteiger charge is -2.35. The van der Waals surface area contributed by atoms with Gasteiger partial charge in [-0.2, -0.15) is 8.78 Å².